The van der Waals surface area contributed by atoms with Gasteiger partial charge in [0.2, 0.25) is 0 Å². The number of nitrogens with zero attached hydrogens (tertiary/aromatic N) is 3. The van der Waals surface area contributed by atoms with E-state index in [-0.39, 0.29) is 0 Å². The lowest BCUT2D eigenvalue weighted by molar-refractivity contribution is -0.105. The van der Waals surface area contributed by atoms with E-state index in [0.717, 1.165) is 36.8 Å². The molecule has 1 aliphatic rings. The highest BCUT2D eigenvalue weighted by Crippen LogP contribution is 2.28. The first-order valence-electron chi connectivity index (χ1n) is 8.23. The van der Waals surface area contributed by atoms with Crippen LogP contribution >= 0.6 is 9.39 Å². The lowest BCUT2D eigenvalue weighted by Gasteiger charge is -2.27. The summed E-state index contributed by atoms with van der Waals surface area (Å²) >= 11 is 0. The SMILES string of the molecule is CN(P)CCN(C)C1=CC(Oc2cnc3[nH]ccc3c2)=C(C=O)CC1. The highest BCUT2D eigenvalue weighted by molar-refractivity contribution is 7.13. The summed E-state index contributed by atoms with van der Waals surface area (Å²) in [5.41, 5.74) is 2.68. The van der Waals surface area contributed by atoms with E-state index in [1.807, 2.05) is 31.5 Å². The lowest BCUT2D eigenvalue weighted by atomic mass is 10.0. The van der Waals surface area contributed by atoms with E-state index in [4.69, 9.17) is 4.74 Å². The molecule has 0 saturated heterocycles. The van der Waals surface area contributed by atoms with Crippen molar-refractivity contribution in [2.24, 2.45) is 0 Å². The molecule has 0 aromatic carbocycles. The van der Waals surface area contributed by atoms with Gasteiger partial charge < -0.3 is 14.6 Å². The highest BCUT2D eigenvalue weighted by atomic mass is 31.0. The second kappa shape index (κ2) is 7.81. The Morgan fingerprint density at radius 2 is 2.20 bits per heavy atom. The zero-order chi connectivity index (χ0) is 17.8. The molecule has 6 nitrogen and oxygen atoms in total. The molecule has 0 spiro atoms. The van der Waals surface area contributed by atoms with Gasteiger partial charge in [0, 0.05) is 49.1 Å². The van der Waals surface area contributed by atoms with Crippen LogP contribution in [0.5, 0.6) is 5.75 Å². The molecule has 0 bridgehead atoms. The first-order chi connectivity index (χ1) is 12.1. The number of fused-ring (bicyclic) bond motifs is 1. The molecule has 0 amide bonds. The van der Waals surface area contributed by atoms with Crippen molar-refractivity contribution >= 4 is 26.7 Å². The van der Waals surface area contributed by atoms with Crippen LogP contribution in [0.4, 0.5) is 0 Å². The second-order valence-electron chi connectivity index (χ2n) is 6.23. The fourth-order valence-corrected chi connectivity index (χ4v) is 2.88. The molecular weight excluding hydrogens is 335 g/mol. The molecule has 2 aromatic heterocycles. The molecule has 25 heavy (non-hydrogen) atoms. The predicted octanol–water partition coefficient (Wildman–Crippen LogP) is 2.73. The predicted molar refractivity (Wildman–Crippen MR) is 102 cm³/mol. The maximum atomic E-state index is 11.4. The second-order valence-corrected chi connectivity index (χ2v) is 7.12. The molecule has 0 aliphatic heterocycles. The number of carbonyl (C=O) groups is 1. The van der Waals surface area contributed by atoms with Gasteiger partial charge in [-0.05, 0) is 32.0 Å². The molecular formula is C18H23N4O2P. The maximum absolute atomic E-state index is 11.4. The molecule has 1 atom stereocenters. The van der Waals surface area contributed by atoms with E-state index in [0.29, 0.717) is 23.5 Å². The molecule has 0 fully saturated rings. The fourth-order valence-electron chi connectivity index (χ4n) is 2.77. The monoisotopic (exact) mass is 358 g/mol. The Morgan fingerprint density at radius 3 is 2.96 bits per heavy atom. The van der Waals surface area contributed by atoms with E-state index in [1.165, 1.54) is 5.70 Å². The van der Waals surface area contributed by atoms with Crippen LogP contribution in [0.15, 0.2) is 47.6 Å². The Balaban J connectivity index is 1.80. The van der Waals surface area contributed by atoms with E-state index in [1.54, 1.807) is 6.20 Å². The van der Waals surface area contributed by atoms with Crippen LogP contribution in [0.3, 0.4) is 0 Å². The van der Waals surface area contributed by atoms with Crippen molar-refractivity contribution < 1.29 is 9.53 Å². The molecule has 132 valence electrons. The largest absolute Gasteiger partial charge is 0.455 e. The van der Waals surface area contributed by atoms with Gasteiger partial charge in [0.25, 0.3) is 0 Å². The number of nitrogens with one attached hydrogen (secondary N) is 1. The average Bonchev–Trinajstić information content (AvgIpc) is 3.07. The third-order valence-corrected chi connectivity index (χ3v) is 4.55. The number of H-pyrrole nitrogens is 1. The summed E-state index contributed by atoms with van der Waals surface area (Å²) in [7, 11) is 6.76. The lowest BCUT2D eigenvalue weighted by Crippen LogP contribution is -2.27. The molecule has 7 heteroatoms. The molecule has 3 rings (SSSR count). The minimum atomic E-state index is 0.610. The van der Waals surface area contributed by atoms with Crippen LogP contribution in [0.25, 0.3) is 11.0 Å². The molecule has 2 aromatic rings. The Kier molecular flexibility index (Phi) is 5.51. The van der Waals surface area contributed by atoms with Gasteiger partial charge in [-0.25, -0.2) is 4.98 Å². The first-order valence-corrected chi connectivity index (χ1v) is 8.75. The van der Waals surface area contributed by atoms with Crippen molar-refractivity contribution in [3.8, 4) is 5.75 Å². The van der Waals surface area contributed by atoms with Gasteiger partial charge in [0.15, 0.2) is 0 Å². The van der Waals surface area contributed by atoms with Crippen molar-refractivity contribution in [2.45, 2.75) is 12.8 Å². The van der Waals surface area contributed by atoms with Gasteiger partial charge in [-0.3, -0.25) is 9.46 Å². The van der Waals surface area contributed by atoms with E-state index in [2.05, 4.69) is 36.0 Å². The number of pyridine rings is 1. The number of aldehydes is 1. The van der Waals surface area contributed by atoms with Crippen LogP contribution in [-0.4, -0.2) is 53.0 Å². The number of hydrogen-bond donors (Lipinski definition) is 1. The Hall–Kier alpha value is -2.17. The summed E-state index contributed by atoms with van der Waals surface area (Å²) in [6, 6.07) is 3.86. The van der Waals surface area contributed by atoms with E-state index < -0.39 is 0 Å². The van der Waals surface area contributed by atoms with E-state index >= 15 is 0 Å². The number of ether oxygens (including phenoxy) is 1. The summed E-state index contributed by atoms with van der Waals surface area (Å²) in [5, 5.41) is 0.978. The van der Waals surface area contributed by atoms with Crippen LogP contribution in [-0.2, 0) is 4.79 Å². The normalized spacial score (nSPS) is 14.8. The molecule has 0 saturated carbocycles. The fraction of sp³-hybridized carbons (Fsp3) is 0.333. The van der Waals surface area contributed by atoms with Gasteiger partial charge in [-0.1, -0.05) is 9.39 Å². The number of likely N-dealkylation sites (N-methyl/N-ethyl adjacent to an activating group) is 2. The van der Waals surface area contributed by atoms with Crippen molar-refractivity contribution in [3.63, 3.8) is 0 Å². The highest BCUT2D eigenvalue weighted by Gasteiger charge is 2.18. The first kappa shape index (κ1) is 17.6. The molecule has 0 radical (unpaired) electrons. The van der Waals surface area contributed by atoms with Crippen LogP contribution in [0.1, 0.15) is 12.8 Å². The summed E-state index contributed by atoms with van der Waals surface area (Å²) < 4.78 is 8.07. The maximum Gasteiger partial charge on any atom is 0.149 e. The van der Waals surface area contributed by atoms with Crippen LogP contribution in [0.2, 0.25) is 0 Å². The van der Waals surface area contributed by atoms with Gasteiger partial charge in [-0.2, -0.15) is 0 Å². The molecule has 1 aliphatic carbocycles. The quantitative estimate of drug-likeness (QED) is 0.609. The minimum Gasteiger partial charge on any atom is -0.455 e. The van der Waals surface area contributed by atoms with Gasteiger partial charge >= 0.3 is 0 Å². The number of carbonyl (C=O) groups excluding carboxylic acids is 1. The Morgan fingerprint density at radius 1 is 1.36 bits per heavy atom. The van der Waals surface area contributed by atoms with Gasteiger partial charge in [0.05, 0.1) is 6.20 Å². The Bertz CT molecular complexity index is 825. The summed E-state index contributed by atoms with van der Waals surface area (Å²) in [6.45, 7) is 1.85. The summed E-state index contributed by atoms with van der Waals surface area (Å²) in [4.78, 5) is 21.0. The topological polar surface area (TPSA) is 61.5 Å². The number of aromatic amines is 1. The third-order valence-electron chi connectivity index (χ3n) is 4.29. The van der Waals surface area contributed by atoms with Crippen molar-refractivity contribution in [1.82, 2.24) is 19.5 Å². The van der Waals surface area contributed by atoms with Crippen LogP contribution < -0.4 is 4.74 Å². The number of hydrogen-bond acceptors (Lipinski definition) is 5. The standard InChI is InChI=1S/C18H23N4O2P/c1-21(7-8-22(2)25)15-4-3-14(12-23)17(10-15)24-16-9-13-5-6-19-18(13)20-11-16/h5-6,9-12H,3-4,7-8,25H2,1-2H3,(H,19,20). The molecule has 1 unspecified atom stereocenters. The number of aromatic nitrogens is 2. The van der Waals surface area contributed by atoms with Crippen molar-refractivity contribution in [2.75, 3.05) is 27.2 Å². The van der Waals surface area contributed by atoms with Gasteiger partial charge in [-0.15, -0.1) is 0 Å². The zero-order valence-corrected chi connectivity index (χ0v) is 15.7. The van der Waals surface area contributed by atoms with Crippen LogP contribution in [0, 0.1) is 0 Å². The molecule has 1 N–H and O–H groups in total. The zero-order valence-electron chi connectivity index (χ0n) is 14.5. The third kappa shape index (κ3) is 4.27. The average molecular weight is 358 g/mol. The van der Waals surface area contributed by atoms with Crippen molar-refractivity contribution in [1.29, 1.82) is 0 Å². The van der Waals surface area contributed by atoms with E-state index in [9.17, 15) is 4.79 Å². The summed E-state index contributed by atoms with van der Waals surface area (Å²) in [5.74, 6) is 1.24. The number of rotatable bonds is 7. The molecule has 2 heterocycles. The Labute approximate surface area is 149 Å². The minimum absolute atomic E-state index is 0.610. The smallest absolute Gasteiger partial charge is 0.149 e. The summed E-state index contributed by atoms with van der Waals surface area (Å²) in [6.07, 6.45) is 7.90. The van der Waals surface area contributed by atoms with Gasteiger partial charge in [0.1, 0.15) is 23.4 Å². The van der Waals surface area contributed by atoms with Crippen molar-refractivity contribution in [3.05, 3.63) is 47.6 Å². The number of allylic oxidation sites excluding steroid dienone is 3.